The summed E-state index contributed by atoms with van der Waals surface area (Å²) in [7, 11) is 0. The second-order valence-electron chi connectivity index (χ2n) is 2.57. The molecule has 0 radical (unpaired) electrons. The fourth-order valence-electron chi connectivity index (χ4n) is 0.995. The summed E-state index contributed by atoms with van der Waals surface area (Å²) >= 11 is 7.48. The lowest BCUT2D eigenvalue weighted by molar-refractivity contribution is 1.51. The molecule has 0 aliphatic rings. The van der Waals surface area contributed by atoms with Crippen LogP contribution < -0.4 is 0 Å². The first-order valence-corrected chi connectivity index (χ1v) is 5.63. The lowest BCUT2D eigenvalue weighted by Crippen LogP contribution is -1.77. The Labute approximate surface area is 93.4 Å². The summed E-state index contributed by atoms with van der Waals surface area (Å²) in [5, 5.41) is 9.50. The largest absolute Gasteiger partial charge is 0.192 e. The predicted molar refractivity (Wildman–Crippen MR) is 63.2 cm³/mol. The minimum absolute atomic E-state index is 0.678. The van der Waals surface area contributed by atoms with E-state index in [9.17, 15) is 0 Å². The summed E-state index contributed by atoms with van der Waals surface area (Å²) in [5.41, 5.74) is 0.895. The van der Waals surface area contributed by atoms with Crippen molar-refractivity contribution in [3.8, 4) is 6.07 Å². The molecule has 0 aliphatic heterocycles. The summed E-state index contributed by atoms with van der Waals surface area (Å²) in [5.74, 6) is 0.893. The smallest absolute Gasteiger partial charge is 0.106 e. The Balaban J connectivity index is 2.96. The van der Waals surface area contributed by atoms with Gasteiger partial charge in [-0.15, -0.1) is 11.8 Å². The average Bonchev–Trinajstić information content (AvgIpc) is 2.20. The molecule has 0 bridgehead atoms. The van der Waals surface area contributed by atoms with Crippen molar-refractivity contribution >= 4 is 29.4 Å². The maximum atomic E-state index is 8.83. The zero-order chi connectivity index (χ0) is 10.4. The van der Waals surface area contributed by atoms with Crippen molar-refractivity contribution < 1.29 is 0 Å². The van der Waals surface area contributed by atoms with E-state index < -0.39 is 0 Å². The molecule has 0 aliphatic carbocycles. The molecule has 0 unspecified atom stereocenters. The Morgan fingerprint density at radius 2 is 2.29 bits per heavy atom. The number of nitrogens with zero attached hydrogens (tertiary/aromatic N) is 1. The minimum Gasteiger partial charge on any atom is -0.192 e. The van der Waals surface area contributed by atoms with Crippen molar-refractivity contribution in [3.63, 3.8) is 0 Å². The van der Waals surface area contributed by atoms with Crippen LogP contribution in [0.15, 0.2) is 29.2 Å². The summed E-state index contributed by atoms with van der Waals surface area (Å²) < 4.78 is 0. The Morgan fingerprint density at radius 1 is 1.57 bits per heavy atom. The fourth-order valence-corrected chi connectivity index (χ4v) is 1.77. The normalized spacial score (nSPS) is 11.1. The van der Waals surface area contributed by atoms with Gasteiger partial charge in [0.2, 0.25) is 0 Å². The van der Waals surface area contributed by atoms with Crippen molar-refractivity contribution in [1.29, 1.82) is 5.26 Å². The lowest BCUT2D eigenvalue weighted by atomic mass is 10.2. The lowest BCUT2D eigenvalue weighted by Gasteiger charge is -1.98. The summed E-state index contributed by atoms with van der Waals surface area (Å²) in [6.45, 7) is 2.02. The van der Waals surface area contributed by atoms with Crippen molar-refractivity contribution in [2.24, 2.45) is 0 Å². The van der Waals surface area contributed by atoms with Crippen LogP contribution in [0.1, 0.15) is 12.5 Å². The second-order valence-corrected chi connectivity index (χ2v) is 4.29. The molecule has 3 heteroatoms. The number of benzene rings is 1. The third-order valence-corrected chi connectivity index (χ3v) is 2.75. The fraction of sp³-hybridized carbons (Fsp3) is 0.182. The standard InChI is InChI=1S/C11H10ClNS/c1-2-14-10(8-13)7-9-5-3-4-6-11(9)12/h3-7H,2H2,1H3. The quantitative estimate of drug-likeness (QED) is 0.725. The van der Waals surface area contributed by atoms with Gasteiger partial charge in [0, 0.05) is 5.02 Å². The molecule has 0 spiro atoms. The highest BCUT2D eigenvalue weighted by molar-refractivity contribution is 8.03. The molecule has 0 atom stereocenters. The van der Waals surface area contributed by atoms with Gasteiger partial charge in [0.1, 0.15) is 6.07 Å². The molecule has 0 saturated carbocycles. The number of nitriles is 1. The van der Waals surface area contributed by atoms with Gasteiger partial charge in [-0.2, -0.15) is 5.26 Å². The first-order chi connectivity index (χ1) is 6.77. The van der Waals surface area contributed by atoms with Gasteiger partial charge >= 0.3 is 0 Å². The van der Waals surface area contributed by atoms with E-state index in [1.165, 1.54) is 11.8 Å². The Morgan fingerprint density at radius 3 is 2.86 bits per heavy atom. The van der Waals surface area contributed by atoms with E-state index in [4.69, 9.17) is 16.9 Å². The third kappa shape index (κ3) is 3.10. The molecule has 0 heterocycles. The summed E-state index contributed by atoms with van der Waals surface area (Å²) in [4.78, 5) is 0.695. The average molecular weight is 224 g/mol. The zero-order valence-electron chi connectivity index (χ0n) is 7.83. The SMILES string of the molecule is CCSC(C#N)=Cc1ccccc1Cl. The first-order valence-electron chi connectivity index (χ1n) is 4.27. The topological polar surface area (TPSA) is 23.8 Å². The first kappa shape index (κ1) is 11.2. The van der Waals surface area contributed by atoms with Crippen LogP contribution in [0, 0.1) is 11.3 Å². The van der Waals surface area contributed by atoms with Gasteiger partial charge in [0.25, 0.3) is 0 Å². The van der Waals surface area contributed by atoms with Crippen LogP contribution in [-0.2, 0) is 0 Å². The van der Waals surface area contributed by atoms with Crippen LogP contribution in [-0.4, -0.2) is 5.75 Å². The zero-order valence-corrected chi connectivity index (χ0v) is 9.40. The van der Waals surface area contributed by atoms with E-state index in [-0.39, 0.29) is 0 Å². The molecule has 0 fully saturated rings. The maximum absolute atomic E-state index is 8.83. The molecular formula is C11H10ClNS. The van der Waals surface area contributed by atoms with E-state index in [1.807, 2.05) is 37.3 Å². The number of rotatable bonds is 3. The van der Waals surface area contributed by atoms with Crippen LogP contribution in [0.4, 0.5) is 0 Å². The molecule has 14 heavy (non-hydrogen) atoms. The van der Waals surface area contributed by atoms with Crippen molar-refractivity contribution in [3.05, 3.63) is 39.8 Å². The van der Waals surface area contributed by atoms with E-state index in [0.29, 0.717) is 9.93 Å². The Hall–Kier alpha value is -0.910. The van der Waals surface area contributed by atoms with Crippen LogP contribution in [0.2, 0.25) is 5.02 Å². The van der Waals surface area contributed by atoms with E-state index in [1.54, 1.807) is 0 Å². The van der Waals surface area contributed by atoms with Gasteiger partial charge in [-0.3, -0.25) is 0 Å². The molecule has 0 amide bonds. The van der Waals surface area contributed by atoms with Gasteiger partial charge in [0.05, 0.1) is 4.91 Å². The van der Waals surface area contributed by atoms with Crippen molar-refractivity contribution in [1.82, 2.24) is 0 Å². The molecule has 1 rings (SSSR count). The predicted octanol–water partition coefficient (Wildman–Crippen LogP) is 3.96. The van der Waals surface area contributed by atoms with Crippen LogP contribution >= 0.6 is 23.4 Å². The minimum atomic E-state index is 0.678. The molecule has 0 aromatic heterocycles. The number of hydrogen-bond donors (Lipinski definition) is 0. The highest BCUT2D eigenvalue weighted by Crippen LogP contribution is 2.22. The van der Waals surface area contributed by atoms with Gasteiger partial charge in [-0.25, -0.2) is 0 Å². The monoisotopic (exact) mass is 223 g/mol. The van der Waals surface area contributed by atoms with Crippen molar-refractivity contribution in [2.75, 3.05) is 5.75 Å². The highest BCUT2D eigenvalue weighted by Gasteiger charge is 1.98. The molecular weight excluding hydrogens is 214 g/mol. The number of thioether (sulfide) groups is 1. The summed E-state index contributed by atoms with van der Waals surface area (Å²) in [6.07, 6.45) is 1.82. The number of allylic oxidation sites excluding steroid dienone is 1. The van der Waals surface area contributed by atoms with Crippen LogP contribution in [0.3, 0.4) is 0 Å². The van der Waals surface area contributed by atoms with Gasteiger partial charge in [-0.1, -0.05) is 36.7 Å². The Bertz CT molecular complexity index is 379. The molecule has 72 valence electrons. The van der Waals surface area contributed by atoms with Crippen LogP contribution in [0.5, 0.6) is 0 Å². The Kier molecular flexibility index (Phi) is 4.58. The molecule has 0 saturated heterocycles. The van der Waals surface area contributed by atoms with Crippen molar-refractivity contribution in [2.45, 2.75) is 6.92 Å². The highest BCUT2D eigenvalue weighted by atomic mass is 35.5. The third-order valence-electron chi connectivity index (χ3n) is 1.60. The number of hydrogen-bond acceptors (Lipinski definition) is 2. The van der Waals surface area contributed by atoms with Gasteiger partial charge < -0.3 is 0 Å². The van der Waals surface area contributed by atoms with E-state index in [2.05, 4.69) is 6.07 Å². The van der Waals surface area contributed by atoms with E-state index >= 15 is 0 Å². The molecule has 1 nitrogen and oxygen atoms in total. The van der Waals surface area contributed by atoms with E-state index in [0.717, 1.165) is 11.3 Å². The molecule has 1 aromatic rings. The molecule has 0 N–H and O–H groups in total. The van der Waals surface area contributed by atoms with Gasteiger partial charge in [-0.05, 0) is 23.5 Å². The van der Waals surface area contributed by atoms with Crippen LogP contribution in [0.25, 0.3) is 6.08 Å². The molecule has 1 aromatic carbocycles. The number of halogens is 1. The van der Waals surface area contributed by atoms with Gasteiger partial charge in [0.15, 0.2) is 0 Å². The second kappa shape index (κ2) is 5.74. The summed E-state index contributed by atoms with van der Waals surface area (Å²) in [6, 6.07) is 9.64. The maximum Gasteiger partial charge on any atom is 0.106 e.